The molecule has 1 fully saturated rings. The molecule has 2 heterocycles. The number of fused-ring (bicyclic) bond motifs is 1. The van der Waals surface area contributed by atoms with Gasteiger partial charge in [0.1, 0.15) is 0 Å². The van der Waals surface area contributed by atoms with Gasteiger partial charge in [-0.15, -0.1) is 0 Å². The Morgan fingerprint density at radius 3 is 2.32 bits per heavy atom. The number of para-hydroxylation sites is 1. The van der Waals surface area contributed by atoms with Crippen molar-refractivity contribution >= 4 is 26.8 Å². The molecule has 1 amide bonds. The lowest BCUT2D eigenvalue weighted by atomic mass is 9.91. The van der Waals surface area contributed by atoms with Crippen molar-refractivity contribution in [3.63, 3.8) is 0 Å². The van der Waals surface area contributed by atoms with Gasteiger partial charge in [-0.25, -0.2) is 8.42 Å². The van der Waals surface area contributed by atoms with Crippen LogP contribution in [0.4, 0.5) is 0 Å². The summed E-state index contributed by atoms with van der Waals surface area (Å²) >= 11 is 0. The van der Waals surface area contributed by atoms with Crippen molar-refractivity contribution in [3.05, 3.63) is 102 Å². The smallest absolute Gasteiger partial charge is 0.251 e. The van der Waals surface area contributed by atoms with E-state index in [0.29, 0.717) is 25.2 Å². The van der Waals surface area contributed by atoms with E-state index in [1.165, 1.54) is 16.4 Å². The lowest BCUT2D eigenvalue weighted by Crippen LogP contribution is -2.29. The minimum absolute atomic E-state index is 0.0314. The zero-order valence-electron chi connectivity index (χ0n) is 18.8. The van der Waals surface area contributed by atoms with Crippen LogP contribution in [0, 0.1) is 0 Å². The minimum atomic E-state index is -3.50. The van der Waals surface area contributed by atoms with E-state index >= 15 is 0 Å². The number of carbonyl (C=O) groups excluding carboxylic acids is 1. The number of nitrogens with zero attached hydrogens (tertiary/aromatic N) is 1. The van der Waals surface area contributed by atoms with E-state index in [-0.39, 0.29) is 16.7 Å². The highest BCUT2D eigenvalue weighted by Gasteiger charge is 2.27. The van der Waals surface area contributed by atoms with Gasteiger partial charge < -0.3 is 10.3 Å². The van der Waals surface area contributed by atoms with Gasteiger partial charge in [-0.3, -0.25) is 4.79 Å². The molecule has 1 aliphatic heterocycles. The maximum Gasteiger partial charge on any atom is 0.251 e. The first-order valence-corrected chi connectivity index (χ1v) is 13.0. The van der Waals surface area contributed by atoms with Crippen molar-refractivity contribution < 1.29 is 13.2 Å². The molecule has 0 bridgehead atoms. The molecule has 0 saturated carbocycles. The van der Waals surface area contributed by atoms with Gasteiger partial charge >= 0.3 is 0 Å². The SMILES string of the molecule is O=C(NCC(c1ccccc1)c1c[nH]c2ccccc12)c1ccc(S(=O)(=O)N2CCCC2)cc1. The zero-order valence-corrected chi connectivity index (χ0v) is 19.6. The number of aromatic nitrogens is 1. The fraction of sp³-hybridized carbons (Fsp3) is 0.222. The minimum Gasteiger partial charge on any atom is -0.361 e. The van der Waals surface area contributed by atoms with Crippen molar-refractivity contribution in [2.45, 2.75) is 23.7 Å². The van der Waals surface area contributed by atoms with Gasteiger partial charge in [0.05, 0.1) is 4.90 Å². The highest BCUT2D eigenvalue weighted by atomic mass is 32.2. The number of hydrogen-bond donors (Lipinski definition) is 2. The van der Waals surface area contributed by atoms with Crippen molar-refractivity contribution in [1.82, 2.24) is 14.6 Å². The Balaban J connectivity index is 1.35. The van der Waals surface area contributed by atoms with Crippen LogP contribution < -0.4 is 5.32 Å². The van der Waals surface area contributed by atoms with E-state index < -0.39 is 10.0 Å². The average molecular weight is 474 g/mol. The fourth-order valence-corrected chi connectivity index (χ4v) is 6.14. The number of H-pyrrole nitrogens is 1. The Bertz CT molecular complexity index is 1390. The van der Waals surface area contributed by atoms with Gasteiger partial charge in [-0.1, -0.05) is 48.5 Å². The highest BCUT2D eigenvalue weighted by Crippen LogP contribution is 2.30. The van der Waals surface area contributed by atoms with Crippen molar-refractivity contribution in [1.29, 1.82) is 0 Å². The number of rotatable bonds is 7. The first-order chi connectivity index (χ1) is 16.5. The van der Waals surface area contributed by atoms with E-state index in [9.17, 15) is 13.2 Å². The summed E-state index contributed by atoms with van der Waals surface area (Å²) in [7, 11) is -3.50. The predicted molar refractivity (Wildman–Crippen MR) is 133 cm³/mol. The van der Waals surface area contributed by atoms with Gasteiger partial charge in [0.2, 0.25) is 10.0 Å². The summed E-state index contributed by atoms with van der Waals surface area (Å²) in [5.41, 5.74) is 3.72. The maximum atomic E-state index is 13.0. The Hall–Kier alpha value is -3.42. The van der Waals surface area contributed by atoms with E-state index in [1.807, 2.05) is 42.6 Å². The molecular formula is C27H27N3O3S. The number of aromatic amines is 1. The van der Waals surface area contributed by atoms with Gasteiger partial charge in [0.15, 0.2) is 0 Å². The summed E-state index contributed by atoms with van der Waals surface area (Å²) in [6, 6.07) is 24.5. The van der Waals surface area contributed by atoms with Crippen LogP contribution >= 0.6 is 0 Å². The molecule has 34 heavy (non-hydrogen) atoms. The number of benzene rings is 3. The molecule has 4 aromatic rings. The molecule has 174 valence electrons. The zero-order chi connectivity index (χ0) is 23.5. The first kappa shape index (κ1) is 22.4. The van der Waals surface area contributed by atoms with Crippen molar-refractivity contribution in [3.8, 4) is 0 Å². The van der Waals surface area contributed by atoms with Gasteiger partial charge in [-0.2, -0.15) is 4.31 Å². The third-order valence-corrected chi connectivity index (χ3v) is 8.40. The van der Waals surface area contributed by atoms with Crippen LogP contribution in [-0.4, -0.2) is 43.2 Å². The van der Waals surface area contributed by atoms with Gasteiger partial charge in [0.25, 0.3) is 5.91 Å². The monoisotopic (exact) mass is 473 g/mol. The molecule has 1 aliphatic rings. The quantitative estimate of drug-likeness (QED) is 0.414. The Labute approximate surface area is 199 Å². The maximum absolute atomic E-state index is 13.0. The summed E-state index contributed by atoms with van der Waals surface area (Å²) < 4.78 is 27.0. The molecule has 1 unspecified atom stereocenters. The predicted octanol–water partition coefficient (Wildman–Crippen LogP) is 4.51. The van der Waals surface area contributed by atoms with E-state index in [0.717, 1.165) is 34.9 Å². The first-order valence-electron chi connectivity index (χ1n) is 11.5. The third-order valence-electron chi connectivity index (χ3n) is 6.48. The number of sulfonamides is 1. The number of carbonyl (C=O) groups is 1. The molecule has 2 N–H and O–H groups in total. The topological polar surface area (TPSA) is 82.3 Å². The molecule has 0 radical (unpaired) electrons. The second-order valence-corrected chi connectivity index (χ2v) is 10.5. The van der Waals surface area contributed by atoms with E-state index in [1.54, 1.807) is 12.1 Å². The Morgan fingerprint density at radius 1 is 0.912 bits per heavy atom. The summed E-state index contributed by atoms with van der Waals surface area (Å²) in [6.45, 7) is 1.52. The molecule has 5 rings (SSSR count). The Kier molecular flexibility index (Phi) is 6.22. The average Bonchev–Trinajstić information content (AvgIpc) is 3.56. The van der Waals surface area contributed by atoms with Gasteiger partial charge in [-0.05, 0) is 54.3 Å². The largest absolute Gasteiger partial charge is 0.361 e. The van der Waals surface area contributed by atoms with E-state index in [4.69, 9.17) is 0 Å². The van der Waals surface area contributed by atoms with Crippen LogP contribution in [0.2, 0.25) is 0 Å². The lowest BCUT2D eigenvalue weighted by molar-refractivity contribution is 0.0952. The van der Waals surface area contributed by atoms with E-state index in [2.05, 4.69) is 28.5 Å². The highest BCUT2D eigenvalue weighted by molar-refractivity contribution is 7.89. The second kappa shape index (κ2) is 9.44. The Morgan fingerprint density at radius 2 is 1.59 bits per heavy atom. The third kappa shape index (κ3) is 4.36. The lowest BCUT2D eigenvalue weighted by Gasteiger charge is -2.18. The molecular weight excluding hydrogens is 446 g/mol. The molecule has 1 atom stereocenters. The normalized spacial score (nSPS) is 15.4. The molecule has 3 aromatic carbocycles. The second-order valence-electron chi connectivity index (χ2n) is 8.60. The molecule has 7 heteroatoms. The van der Waals surface area contributed by atoms with Crippen molar-refractivity contribution in [2.75, 3.05) is 19.6 Å². The molecule has 1 saturated heterocycles. The molecule has 0 spiro atoms. The van der Waals surface area contributed by atoms with Crippen molar-refractivity contribution in [2.24, 2.45) is 0 Å². The van der Waals surface area contributed by atoms with Crippen LogP contribution in [0.15, 0.2) is 90.0 Å². The fourth-order valence-electron chi connectivity index (χ4n) is 4.63. The van der Waals surface area contributed by atoms with Crippen LogP contribution in [0.1, 0.15) is 40.2 Å². The number of amides is 1. The molecule has 1 aromatic heterocycles. The van der Waals surface area contributed by atoms with Crippen LogP contribution in [0.3, 0.4) is 0 Å². The van der Waals surface area contributed by atoms with Crippen LogP contribution in [0.25, 0.3) is 10.9 Å². The molecule has 6 nitrogen and oxygen atoms in total. The summed E-state index contributed by atoms with van der Waals surface area (Å²) in [5.74, 6) is -0.262. The number of hydrogen-bond acceptors (Lipinski definition) is 3. The summed E-state index contributed by atoms with van der Waals surface area (Å²) in [5, 5.41) is 4.18. The number of nitrogens with one attached hydrogen (secondary N) is 2. The standard InChI is InChI=1S/C27H27N3O3S/c31-27(21-12-14-22(15-13-21)34(32,33)30-16-6-7-17-30)29-18-24(20-8-2-1-3-9-20)25-19-28-26-11-5-4-10-23(25)26/h1-5,8-15,19,24,28H,6-7,16-18H2,(H,29,31). The summed E-state index contributed by atoms with van der Waals surface area (Å²) in [6.07, 6.45) is 3.78. The van der Waals surface area contributed by atoms with Crippen LogP contribution in [0.5, 0.6) is 0 Å². The van der Waals surface area contributed by atoms with Crippen LogP contribution in [-0.2, 0) is 10.0 Å². The summed E-state index contributed by atoms with van der Waals surface area (Å²) in [4.78, 5) is 16.5. The molecule has 0 aliphatic carbocycles. The van der Waals surface area contributed by atoms with Gasteiger partial charge in [0, 0.05) is 48.2 Å².